The van der Waals surface area contributed by atoms with Gasteiger partial charge in [0.05, 0.1) is 11.5 Å². The van der Waals surface area contributed by atoms with Crippen LogP contribution in [0.25, 0.3) is 0 Å². The Labute approximate surface area is 187 Å². The molecule has 1 aliphatic rings. The number of carbonyl (C=O) groups is 2. The molecule has 0 aliphatic carbocycles. The molecule has 1 aromatic carbocycles. The van der Waals surface area contributed by atoms with Gasteiger partial charge < -0.3 is 4.74 Å². The summed E-state index contributed by atoms with van der Waals surface area (Å²) in [6.45, 7) is 0.514. The molecule has 160 valence electrons. The second-order valence-electron chi connectivity index (χ2n) is 7.21. The lowest BCUT2D eigenvalue weighted by atomic mass is 9.96. The number of aryl methyl sites for hydroxylation is 1. The van der Waals surface area contributed by atoms with Crippen LogP contribution < -0.4 is 0 Å². The van der Waals surface area contributed by atoms with Gasteiger partial charge in [-0.25, -0.2) is 4.21 Å². The fraction of sp³-hybridized carbons (Fsp3) is 0.261. The van der Waals surface area contributed by atoms with E-state index in [0.29, 0.717) is 17.7 Å². The monoisotopic (exact) mass is 454 g/mol. The minimum absolute atomic E-state index is 0.255. The van der Waals surface area contributed by atoms with E-state index in [1.165, 1.54) is 15.6 Å². The summed E-state index contributed by atoms with van der Waals surface area (Å²) in [6, 6.07) is 14.2. The molecule has 3 aromatic rings. The van der Waals surface area contributed by atoms with Crippen molar-refractivity contribution in [3.8, 4) is 0 Å². The van der Waals surface area contributed by atoms with Crippen LogP contribution in [0.1, 0.15) is 32.8 Å². The zero-order valence-electron chi connectivity index (χ0n) is 16.8. The minimum Gasteiger partial charge on any atom is -0.464 e. The summed E-state index contributed by atoms with van der Waals surface area (Å²) in [6.07, 6.45) is 5.29. The number of pyridine rings is 1. The molecule has 0 N–H and O–H groups in total. The third-order valence-corrected chi connectivity index (χ3v) is 7.49. The summed E-state index contributed by atoms with van der Waals surface area (Å²) in [5.74, 6) is -0.451. The van der Waals surface area contributed by atoms with Crippen molar-refractivity contribution in [1.82, 2.24) is 9.29 Å². The Bertz CT molecular complexity index is 1070. The van der Waals surface area contributed by atoms with Gasteiger partial charge in [0.1, 0.15) is 6.04 Å². The summed E-state index contributed by atoms with van der Waals surface area (Å²) in [5, 5.41) is 1.29. The quantitative estimate of drug-likeness (QED) is 0.403. The van der Waals surface area contributed by atoms with Gasteiger partial charge in [-0.1, -0.05) is 36.4 Å². The standard InChI is InChI=1S/C23H22N2O4S2/c26-22(29-12-4-7-17-6-3-11-24-15-17)20-14-18-8-1-2-9-19(18)16-25(20)31(28)23(27)21-10-5-13-30-21/h1-3,5-6,8-11,13,15,20H,4,7,12,14,16H2. The van der Waals surface area contributed by atoms with Crippen molar-refractivity contribution in [2.75, 3.05) is 6.61 Å². The normalized spacial score (nSPS) is 17.0. The van der Waals surface area contributed by atoms with Crippen molar-refractivity contribution in [2.45, 2.75) is 31.8 Å². The van der Waals surface area contributed by atoms with Gasteiger partial charge in [-0.05, 0) is 53.5 Å². The van der Waals surface area contributed by atoms with E-state index in [-0.39, 0.29) is 13.2 Å². The summed E-state index contributed by atoms with van der Waals surface area (Å²) in [4.78, 5) is 30.1. The highest BCUT2D eigenvalue weighted by Crippen LogP contribution is 2.27. The van der Waals surface area contributed by atoms with Gasteiger partial charge in [0, 0.05) is 18.9 Å². The topological polar surface area (TPSA) is 76.6 Å². The SMILES string of the molecule is O=C(OCCCc1cccnc1)C1Cc2ccccc2CN1S(=O)C(=O)c1cccs1. The smallest absolute Gasteiger partial charge is 0.324 e. The number of rotatable bonds is 7. The molecule has 0 saturated carbocycles. The van der Waals surface area contributed by atoms with E-state index < -0.39 is 28.1 Å². The lowest BCUT2D eigenvalue weighted by molar-refractivity contribution is -0.148. The Morgan fingerprint density at radius 1 is 1.13 bits per heavy atom. The number of hydrogen-bond donors (Lipinski definition) is 0. The first-order valence-electron chi connectivity index (χ1n) is 10.0. The summed E-state index contributed by atoms with van der Waals surface area (Å²) in [7, 11) is -1.98. The molecule has 31 heavy (non-hydrogen) atoms. The summed E-state index contributed by atoms with van der Waals surface area (Å²) < 4.78 is 20.1. The second-order valence-corrected chi connectivity index (χ2v) is 9.50. The van der Waals surface area contributed by atoms with Crippen molar-refractivity contribution in [3.63, 3.8) is 0 Å². The van der Waals surface area contributed by atoms with Gasteiger partial charge in [-0.15, -0.1) is 11.3 Å². The minimum atomic E-state index is -1.98. The van der Waals surface area contributed by atoms with Crippen LogP contribution in [0, 0.1) is 0 Å². The number of carbonyl (C=O) groups excluding carboxylic acids is 2. The maximum atomic E-state index is 13.1. The molecule has 4 rings (SSSR count). The Kier molecular flexibility index (Phi) is 7.01. The molecule has 2 atom stereocenters. The van der Waals surface area contributed by atoms with E-state index in [0.717, 1.165) is 23.1 Å². The highest BCUT2D eigenvalue weighted by molar-refractivity contribution is 7.99. The van der Waals surface area contributed by atoms with E-state index in [1.54, 1.807) is 29.9 Å². The molecule has 0 bridgehead atoms. The Balaban J connectivity index is 1.45. The van der Waals surface area contributed by atoms with Crippen LogP contribution in [0.4, 0.5) is 0 Å². The van der Waals surface area contributed by atoms with E-state index in [2.05, 4.69) is 4.98 Å². The number of hydrogen-bond acceptors (Lipinski definition) is 6. The zero-order valence-corrected chi connectivity index (χ0v) is 18.4. The van der Waals surface area contributed by atoms with Crippen molar-refractivity contribution in [1.29, 1.82) is 0 Å². The Morgan fingerprint density at radius 2 is 1.97 bits per heavy atom. The molecule has 0 saturated heterocycles. The van der Waals surface area contributed by atoms with Gasteiger partial charge in [-0.3, -0.25) is 14.6 Å². The van der Waals surface area contributed by atoms with Gasteiger partial charge in [0.15, 0.2) is 11.0 Å². The number of ether oxygens (including phenoxy) is 1. The number of fused-ring (bicyclic) bond motifs is 1. The molecule has 0 amide bonds. The molecule has 3 heterocycles. The van der Waals surface area contributed by atoms with Crippen LogP contribution in [0.5, 0.6) is 0 Å². The molecule has 0 fully saturated rings. The fourth-order valence-electron chi connectivity index (χ4n) is 3.55. The maximum absolute atomic E-state index is 13.1. The molecule has 0 radical (unpaired) electrons. The predicted molar refractivity (Wildman–Crippen MR) is 120 cm³/mol. The summed E-state index contributed by atoms with van der Waals surface area (Å²) in [5.41, 5.74) is 3.06. The number of nitrogens with zero attached hydrogens (tertiary/aromatic N) is 2. The zero-order chi connectivity index (χ0) is 21.6. The molecule has 2 unspecified atom stereocenters. The largest absolute Gasteiger partial charge is 0.464 e. The van der Waals surface area contributed by atoms with E-state index in [9.17, 15) is 13.8 Å². The van der Waals surface area contributed by atoms with Crippen LogP contribution in [-0.2, 0) is 39.9 Å². The lowest BCUT2D eigenvalue weighted by Crippen LogP contribution is -2.48. The molecular weight excluding hydrogens is 432 g/mol. The average molecular weight is 455 g/mol. The first-order chi connectivity index (χ1) is 15.1. The third-order valence-electron chi connectivity index (χ3n) is 5.15. The van der Waals surface area contributed by atoms with Crippen molar-refractivity contribution < 1.29 is 18.5 Å². The van der Waals surface area contributed by atoms with E-state index >= 15 is 0 Å². The number of esters is 1. The van der Waals surface area contributed by atoms with E-state index in [1.807, 2.05) is 36.4 Å². The number of benzene rings is 1. The Morgan fingerprint density at radius 3 is 2.71 bits per heavy atom. The third kappa shape index (κ3) is 5.15. The van der Waals surface area contributed by atoms with Gasteiger partial charge >= 0.3 is 5.97 Å². The highest BCUT2D eigenvalue weighted by atomic mass is 32.2. The number of aromatic nitrogens is 1. The van der Waals surface area contributed by atoms with Gasteiger partial charge in [-0.2, -0.15) is 4.31 Å². The van der Waals surface area contributed by atoms with Gasteiger partial charge in [0.25, 0.3) is 5.12 Å². The molecule has 6 nitrogen and oxygen atoms in total. The van der Waals surface area contributed by atoms with Crippen LogP contribution in [0.15, 0.2) is 66.3 Å². The lowest BCUT2D eigenvalue weighted by Gasteiger charge is -2.33. The van der Waals surface area contributed by atoms with Crippen LogP contribution in [-0.4, -0.2) is 37.2 Å². The molecule has 2 aromatic heterocycles. The van der Waals surface area contributed by atoms with Gasteiger partial charge in [0.2, 0.25) is 0 Å². The molecule has 8 heteroatoms. The molecule has 1 aliphatic heterocycles. The van der Waals surface area contributed by atoms with Crippen molar-refractivity contribution in [2.24, 2.45) is 0 Å². The highest BCUT2D eigenvalue weighted by Gasteiger charge is 2.38. The van der Waals surface area contributed by atoms with E-state index in [4.69, 9.17) is 4.74 Å². The van der Waals surface area contributed by atoms with Crippen molar-refractivity contribution in [3.05, 3.63) is 87.9 Å². The predicted octanol–water partition coefficient (Wildman–Crippen LogP) is 3.55. The molecular formula is C23H22N2O4S2. The average Bonchev–Trinajstić information content (AvgIpc) is 3.35. The fourth-order valence-corrected chi connectivity index (χ4v) is 5.57. The van der Waals surface area contributed by atoms with Crippen molar-refractivity contribution >= 4 is 33.4 Å². The second kappa shape index (κ2) is 10.1. The van der Waals surface area contributed by atoms with Crippen LogP contribution in [0.3, 0.4) is 0 Å². The maximum Gasteiger partial charge on any atom is 0.324 e. The van der Waals surface area contributed by atoms with Crippen LogP contribution >= 0.6 is 11.3 Å². The molecule has 0 spiro atoms. The number of thiophene rings is 1. The summed E-state index contributed by atoms with van der Waals surface area (Å²) >= 11 is 1.24. The van der Waals surface area contributed by atoms with Crippen LogP contribution in [0.2, 0.25) is 0 Å². The Hall–Kier alpha value is -2.68. The first kappa shape index (κ1) is 21.5. The first-order valence-corrected chi connectivity index (χ1v) is 12.0.